The van der Waals surface area contributed by atoms with Crippen molar-refractivity contribution in [2.24, 2.45) is 0 Å². The van der Waals surface area contributed by atoms with Gasteiger partial charge in [-0.3, -0.25) is 9.69 Å². The maximum atomic E-state index is 13.0. The number of likely N-dealkylation sites (tertiary alicyclic amines) is 2. The molecule has 0 spiro atoms. The first-order valence-electron chi connectivity index (χ1n) is 12.7. The van der Waals surface area contributed by atoms with Gasteiger partial charge in [0.1, 0.15) is 5.75 Å². The SMILES string of the molecule is CNCCCCOc1ccc([C@H](C)N2C[C@H]3C[C@@H]2CN3C(=O)c2ccc(C(F)(F)F)cc2)c(C)c1C. The molecule has 1 N–H and O–H groups in total. The second kappa shape index (κ2) is 10.8. The number of nitrogens with zero attached hydrogens (tertiary/aromatic N) is 2. The zero-order valence-corrected chi connectivity index (χ0v) is 21.5. The number of piperazine rings is 1. The van der Waals surface area contributed by atoms with Gasteiger partial charge >= 0.3 is 6.18 Å². The lowest BCUT2D eigenvalue weighted by molar-refractivity contribution is -0.137. The monoisotopic (exact) mass is 503 g/mol. The number of carbonyl (C=O) groups excluding carboxylic acids is 1. The van der Waals surface area contributed by atoms with E-state index in [2.05, 4.69) is 43.1 Å². The Morgan fingerprint density at radius 2 is 1.78 bits per heavy atom. The average Bonchev–Trinajstić information content (AvgIpc) is 3.46. The highest BCUT2D eigenvalue weighted by Gasteiger charge is 2.47. The maximum Gasteiger partial charge on any atom is 0.416 e. The third-order valence-electron chi connectivity index (χ3n) is 7.81. The van der Waals surface area contributed by atoms with E-state index < -0.39 is 11.7 Å². The molecule has 2 aromatic carbocycles. The number of benzene rings is 2. The van der Waals surface area contributed by atoms with Crippen molar-refractivity contribution >= 4 is 5.91 Å². The number of amides is 1. The molecule has 0 aromatic heterocycles. The number of fused-ring (bicyclic) bond motifs is 2. The lowest BCUT2D eigenvalue weighted by Gasteiger charge is -2.38. The summed E-state index contributed by atoms with van der Waals surface area (Å²) in [5.74, 6) is 0.746. The van der Waals surface area contributed by atoms with Gasteiger partial charge in [0.05, 0.1) is 12.2 Å². The van der Waals surface area contributed by atoms with Crippen molar-refractivity contribution in [3.05, 3.63) is 64.2 Å². The fourth-order valence-corrected chi connectivity index (χ4v) is 5.58. The molecule has 4 rings (SSSR count). The van der Waals surface area contributed by atoms with Crippen LogP contribution in [0.1, 0.15) is 64.8 Å². The third kappa shape index (κ3) is 5.39. The Morgan fingerprint density at radius 1 is 1.06 bits per heavy atom. The molecule has 5 nitrogen and oxygen atoms in total. The number of alkyl halides is 3. The minimum absolute atomic E-state index is 0.0777. The molecule has 0 unspecified atom stereocenters. The number of unbranched alkanes of at least 4 members (excludes halogenated alkanes) is 1. The Labute approximate surface area is 211 Å². The first-order chi connectivity index (χ1) is 17.1. The second-order valence-corrected chi connectivity index (χ2v) is 10.0. The summed E-state index contributed by atoms with van der Waals surface area (Å²) in [6, 6.07) is 9.29. The molecule has 0 aliphatic carbocycles. The number of carbonyl (C=O) groups is 1. The molecule has 2 bridgehead atoms. The number of rotatable bonds is 9. The van der Waals surface area contributed by atoms with E-state index in [-0.39, 0.29) is 24.0 Å². The molecular weight excluding hydrogens is 467 g/mol. The van der Waals surface area contributed by atoms with Crippen LogP contribution in [0.3, 0.4) is 0 Å². The molecule has 196 valence electrons. The van der Waals surface area contributed by atoms with Crippen LogP contribution in [0.4, 0.5) is 13.2 Å². The Bertz CT molecular complexity index is 1070. The smallest absolute Gasteiger partial charge is 0.416 e. The number of halogens is 3. The van der Waals surface area contributed by atoms with E-state index in [1.807, 2.05) is 11.9 Å². The zero-order valence-electron chi connectivity index (χ0n) is 21.5. The topological polar surface area (TPSA) is 44.8 Å². The summed E-state index contributed by atoms with van der Waals surface area (Å²) in [6.45, 7) is 9.52. The summed E-state index contributed by atoms with van der Waals surface area (Å²) < 4.78 is 44.6. The molecule has 0 radical (unpaired) electrons. The van der Waals surface area contributed by atoms with E-state index >= 15 is 0 Å². The van der Waals surface area contributed by atoms with E-state index in [0.717, 1.165) is 55.8 Å². The van der Waals surface area contributed by atoms with E-state index in [4.69, 9.17) is 4.74 Å². The van der Waals surface area contributed by atoms with Crippen molar-refractivity contribution in [1.29, 1.82) is 0 Å². The fraction of sp³-hybridized carbons (Fsp3) is 0.536. The number of hydrogen-bond acceptors (Lipinski definition) is 4. The van der Waals surface area contributed by atoms with E-state index in [0.29, 0.717) is 18.7 Å². The Kier molecular flexibility index (Phi) is 7.95. The minimum atomic E-state index is -4.40. The summed E-state index contributed by atoms with van der Waals surface area (Å²) in [5, 5.41) is 3.15. The standard InChI is InChI=1S/C28H36F3N3O2/c1-18-19(2)26(36-14-6-5-13-32-4)12-11-25(18)20(3)33-16-24-15-23(33)17-34(24)27(35)21-7-9-22(10-8-21)28(29,30)31/h7-12,20,23-24,32H,5-6,13-17H2,1-4H3/t20-,23+,24+/m0/s1. The van der Waals surface area contributed by atoms with Gasteiger partial charge < -0.3 is 15.0 Å². The number of ether oxygens (including phenoxy) is 1. The molecule has 0 saturated carbocycles. The van der Waals surface area contributed by atoms with Gasteiger partial charge in [0.2, 0.25) is 0 Å². The van der Waals surface area contributed by atoms with Crippen molar-refractivity contribution < 1.29 is 22.7 Å². The highest BCUT2D eigenvalue weighted by atomic mass is 19.4. The molecule has 2 aromatic rings. The van der Waals surface area contributed by atoms with Gasteiger partial charge in [-0.05, 0) is 101 Å². The minimum Gasteiger partial charge on any atom is -0.493 e. The van der Waals surface area contributed by atoms with Crippen molar-refractivity contribution in [3.8, 4) is 5.75 Å². The van der Waals surface area contributed by atoms with Crippen LogP contribution < -0.4 is 10.1 Å². The van der Waals surface area contributed by atoms with Gasteiger partial charge in [0.15, 0.2) is 0 Å². The molecule has 3 atom stereocenters. The normalized spacial score (nSPS) is 20.7. The van der Waals surface area contributed by atoms with Crippen molar-refractivity contribution in [2.45, 2.75) is 64.3 Å². The lowest BCUT2D eigenvalue weighted by Crippen LogP contribution is -2.49. The number of nitrogens with one attached hydrogen (secondary N) is 1. The highest BCUT2D eigenvalue weighted by Crippen LogP contribution is 2.39. The molecule has 2 saturated heterocycles. The van der Waals surface area contributed by atoms with E-state index in [1.54, 1.807) is 0 Å². The molecule has 1 amide bonds. The summed E-state index contributed by atoms with van der Waals surface area (Å²) in [5.41, 5.74) is 3.23. The molecule has 2 heterocycles. The molecule has 8 heteroatoms. The van der Waals surface area contributed by atoms with Gasteiger partial charge in [-0.2, -0.15) is 13.2 Å². The van der Waals surface area contributed by atoms with Crippen molar-refractivity contribution in [3.63, 3.8) is 0 Å². The summed E-state index contributed by atoms with van der Waals surface area (Å²) in [7, 11) is 1.95. The second-order valence-electron chi connectivity index (χ2n) is 10.0. The molecule has 36 heavy (non-hydrogen) atoms. The van der Waals surface area contributed by atoms with Gasteiger partial charge in [0, 0.05) is 36.8 Å². The van der Waals surface area contributed by atoms with Gasteiger partial charge in [-0.15, -0.1) is 0 Å². The van der Waals surface area contributed by atoms with Crippen LogP contribution in [0.15, 0.2) is 36.4 Å². The molecule has 2 fully saturated rings. The van der Waals surface area contributed by atoms with Gasteiger partial charge in [0.25, 0.3) is 5.91 Å². The molecule has 2 aliphatic rings. The Morgan fingerprint density at radius 3 is 2.39 bits per heavy atom. The summed E-state index contributed by atoms with van der Waals surface area (Å²) in [4.78, 5) is 17.3. The van der Waals surface area contributed by atoms with Crippen LogP contribution in [-0.2, 0) is 6.18 Å². The quantitative estimate of drug-likeness (QED) is 0.468. The van der Waals surface area contributed by atoms with Gasteiger partial charge in [-0.1, -0.05) is 6.07 Å². The Balaban J connectivity index is 1.38. The molecular formula is C28H36F3N3O2. The average molecular weight is 504 g/mol. The predicted molar refractivity (Wildman–Crippen MR) is 134 cm³/mol. The van der Waals surface area contributed by atoms with Crippen LogP contribution in [0.2, 0.25) is 0 Å². The first kappa shape index (κ1) is 26.5. The summed E-state index contributed by atoms with van der Waals surface area (Å²) >= 11 is 0. The maximum absolute atomic E-state index is 13.0. The highest BCUT2D eigenvalue weighted by molar-refractivity contribution is 5.94. The van der Waals surface area contributed by atoms with E-state index in [1.165, 1.54) is 23.3 Å². The number of hydrogen-bond donors (Lipinski definition) is 1. The van der Waals surface area contributed by atoms with Gasteiger partial charge in [-0.25, -0.2) is 0 Å². The van der Waals surface area contributed by atoms with E-state index in [9.17, 15) is 18.0 Å². The van der Waals surface area contributed by atoms with Crippen LogP contribution >= 0.6 is 0 Å². The third-order valence-corrected chi connectivity index (χ3v) is 7.81. The summed E-state index contributed by atoms with van der Waals surface area (Å²) in [6.07, 6.45) is -1.42. The van der Waals surface area contributed by atoms with Crippen molar-refractivity contribution in [1.82, 2.24) is 15.1 Å². The van der Waals surface area contributed by atoms with Crippen LogP contribution in [0.25, 0.3) is 0 Å². The Hall–Kier alpha value is -2.58. The van der Waals surface area contributed by atoms with Crippen LogP contribution in [0.5, 0.6) is 5.75 Å². The van der Waals surface area contributed by atoms with Crippen molar-refractivity contribution in [2.75, 3.05) is 33.3 Å². The first-order valence-corrected chi connectivity index (χ1v) is 12.7. The lowest BCUT2D eigenvalue weighted by atomic mass is 9.96. The zero-order chi connectivity index (χ0) is 26.0. The largest absolute Gasteiger partial charge is 0.493 e. The van der Waals surface area contributed by atoms with Crippen LogP contribution in [-0.4, -0.2) is 61.1 Å². The van der Waals surface area contributed by atoms with Crippen LogP contribution in [0, 0.1) is 13.8 Å². The molecule has 2 aliphatic heterocycles. The predicted octanol–water partition coefficient (Wildman–Crippen LogP) is 5.36. The fourth-order valence-electron chi connectivity index (χ4n) is 5.58.